The smallest absolute Gasteiger partial charge is 0.0112 e. The first-order valence-corrected chi connectivity index (χ1v) is 8.08. The second-order valence-electron chi connectivity index (χ2n) is 4.02. The molecule has 0 aliphatic heterocycles. The van der Waals surface area contributed by atoms with Crippen LogP contribution in [0.25, 0.3) is 0 Å². The third-order valence-electron chi connectivity index (χ3n) is 2.67. The molecular formula is C13H20BrNS. The second-order valence-corrected chi connectivity index (χ2v) is 5.65. The van der Waals surface area contributed by atoms with Crippen molar-refractivity contribution in [3.8, 4) is 0 Å². The molecule has 90 valence electrons. The Morgan fingerprint density at radius 1 is 1.31 bits per heavy atom. The minimum absolute atomic E-state index is 0.591. The van der Waals surface area contributed by atoms with Crippen molar-refractivity contribution in [2.75, 3.05) is 37.5 Å². The van der Waals surface area contributed by atoms with Crippen molar-refractivity contribution >= 4 is 27.7 Å². The molecule has 0 N–H and O–H groups in total. The molecule has 1 nitrogen and oxygen atoms in total. The molecule has 3 heteroatoms. The molecule has 0 radical (unpaired) electrons. The molecule has 0 aliphatic rings. The lowest BCUT2D eigenvalue weighted by atomic mass is 10.0. The number of likely N-dealkylation sites (N-methyl/N-ethyl adjacent to an activating group) is 1. The molecule has 0 saturated heterocycles. The summed E-state index contributed by atoms with van der Waals surface area (Å²) in [6.45, 7) is 2.29. The van der Waals surface area contributed by atoms with Gasteiger partial charge < -0.3 is 4.90 Å². The van der Waals surface area contributed by atoms with Gasteiger partial charge in [-0.1, -0.05) is 46.3 Å². The molecule has 16 heavy (non-hydrogen) atoms. The Kier molecular flexibility index (Phi) is 7.17. The molecule has 0 aromatic heterocycles. The second kappa shape index (κ2) is 8.15. The van der Waals surface area contributed by atoms with Gasteiger partial charge in [0.05, 0.1) is 0 Å². The van der Waals surface area contributed by atoms with Crippen LogP contribution in [0.15, 0.2) is 30.3 Å². The van der Waals surface area contributed by atoms with Gasteiger partial charge in [-0.25, -0.2) is 0 Å². The lowest BCUT2D eigenvalue weighted by Crippen LogP contribution is -2.27. The van der Waals surface area contributed by atoms with Gasteiger partial charge >= 0.3 is 0 Å². The van der Waals surface area contributed by atoms with Crippen LogP contribution in [0.5, 0.6) is 0 Å². The Balaban J connectivity index is 2.49. The van der Waals surface area contributed by atoms with Crippen molar-refractivity contribution in [3.63, 3.8) is 0 Å². The number of halogens is 1. The van der Waals surface area contributed by atoms with Crippen molar-refractivity contribution in [2.24, 2.45) is 0 Å². The fraction of sp³-hybridized carbons (Fsp3) is 0.538. The van der Waals surface area contributed by atoms with E-state index in [-0.39, 0.29) is 0 Å². The van der Waals surface area contributed by atoms with Gasteiger partial charge in [0, 0.05) is 30.1 Å². The minimum Gasteiger partial charge on any atom is -0.305 e. The fourth-order valence-electron chi connectivity index (χ4n) is 1.68. The molecule has 0 fully saturated rings. The Labute approximate surface area is 112 Å². The van der Waals surface area contributed by atoms with Gasteiger partial charge in [0.15, 0.2) is 0 Å². The van der Waals surface area contributed by atoms with E-state index in [0.29, 0.717) is 5.92 Å². The van der Waals surface area contributed by atoms with Gasteiger partial charge in [-0.15, -0.1) is 0 Å². The summed E-state index contributed by atoms with van der Waals surface area (Å²) in [4.78, 5) is 2.41. The Hall–Kier alpha value is 0.0100. The summed E-state index contributed by atoms with van der Waals surface area (Å²) in [6, 6.07) is 10.7. The first kappa shape index (κ1) is 14.1. The summed E-state index contributed by atoms with van der Waals surface area (Å²) >= 11 is 5.52. The normalized spacial score (nSPS) is 13.0. The summed E-state index contributed by atoms with van der Waals surface area (Å²) < 4.78 is 0. The van der Waals surface area contributed by atoms with Crippen LogP contribution >= 0.6 is 27.7 Å². The number of thioether (sulfide) groups is 1. The van der Waals surface area contributed by atoms with Gasteiger partial charge in [-0.3, -0.25) is 0 Å². The van der Waals surface area contributed by atoms with Crippen LogP contribution in [0.2, 0.25) is 0 Å². The standard InChI is InChI=1S/C13H20BrNS/c1-15(8-9-16-2)11-13(10-14)12-6-4-3-5-7-12/h3-7,13H,8-11H2,1-2H3. The predicted octanol–water partition coefficient (Wildman–Crippen LogP) is 3.46. The molecule has 0 heterocycles. The van der Waals surface area contributed by atoms with Crippen LogP contribution < -0.4 is 0 Å². The maximum atomic E-state index is 3.62. The van der Waals surface area contributed by atoms with E-state index in [9.17, 15) is 0 Å². The van der Waals surface area contributed by atoms with Gasteiger partial charge in [-0.2, -0.15) is 11.8 Å². The van der Waals surface area contributed by atoms with Crippen molar-refractivity contribution in [2.45, 2.75) is 5.92 Å². The molecule has 1 unspecified atom stereocenters. The summed E-state index contributed by atoms with van der Waals surface area (Å²) in [5, 5.41) is 1.03. The highest BCUT2D eigenvalue weighted by molar-refractivity contribution is 9.09. The molecule has 0 bridgehead atoms. The molecule has 0 amide bonds. The molecule has 0 spiro atoms. The summed E-state index contributed by atoms with van der Waals surface area (Å²) in [5.74, 6) is 1.80. The van der Waals surface area contributed by atoms with Crippen LogP contribution in [0.1, 0.15) is 11.5 Å². The van der Waals surface area contributed by atoms with Gasteiger partial charge in [0.2, 0.25) is 0 Å². The topological polar surface area (TPSA) is 3.24 Å². The molecular weight excluding hydrogens is 282 g/mol. The zero-order valence-electron chi connectivity index (χ0n) is 10.0. The average Bonchev–Trinajstić information content (AvgIpc) is 2.34. The zero-order valence-corrected chi connectivity index (χ0v) is 12.4. The number of hydrogen-bond donors (Lipinski definition) is 0. The lowest BCUT2D eigenvalue weighted by molar-refractivity contribution is 0.338. The zero-order chi connectivity index (χ0) is 11.8. The van der Waals surface area contributed by atoms with Gasteiger partial charge in [0.1, 0.15) is 0 Å². The van der Waals surface area contributed by atoms with E-state index in [1.165, 1.54) is 11.3 Å². The Bertz CT molecular complexity index is 279. The van der Waals surface area contributed by atoms with Gasteiger partial charge in [-0.05, 0) is 18.9 Å². The monoisotopic (exact) mass is 301 g/mol. The SMILES string of the molecule is CSCCN(C)CC(CBr)c1ccccc1. The summed E-state index contributed by atoms with van der Waals surface area (Å²) in [7, 11) is 2.20. The van der Waals surface area contributed by atoms with Crippen molar-refractivity contribution < 1.29 is 0 Å². The highest BCUT2D eigenvalue weighted by Crippen LogP contribution is 2.18. The van der Waals surface area contributed by atoms with Crippen molar-refractivity contribution in [3.05, 3.63) is 35.9 Å². The maximum Gasteiger partial charge on any atom is 0.0112 e. The van der Waals surface area contributed by atoms with Crippen molar-refractivity contribution in [1.29, 1.82) is 0 Å². The number of alkyl halides is 1. The third kappa shape index (κ3) is 4.89. The number of nitrogens with zero attached hydrogens (tertiary/aromatic N) is 1. The van der Waals surface area contributed by atoms with Crippen LogP contribution in [-0.4, -0.2) is 42.4 Å². The van der Waals surface area contributed by atoms with E-state index in [1.807, 2.05) is 11.8 Å². The molecule has 1 rings (SSSR count). The third-order valence-corrected chi connectivity index (χ3v) is 4.04. The molecule has 1 aromatic rings. The van der Waals surface area contributed by atoms with Crippen LogP contribution in [-0.2, 0) is 0 Å². The van der Waals surface area contributed by atoms with E-state index in [4.69, 9.17) is 0 Å². The minimum atomic E-state index is 0.591. The highest BCUT2D eigenvalue weighted by atomic mass is 79.9. The molecule has 1 aromatic carbocycles. The van der Waals surface area contributed by atoms with E-state index in [1.54, 1.807) is 0 Å². The largest absolute Gasteiger partial charge is 0.305 e. The van der Waals surface area contributed by atoms with E-state index < -0.39 is 0 Å². The Morgan fingerprint density at radius 2 is 2.00 bits per heavy atom. The predicted molar refractivity (Wildman–Crippen MR) is 78.9 cm³/mol. The van der Waals surface area contributed by atoms with Crippen LogP contribution in [0.3, 0.4) is 0 Å². The summed E-state index contributed by atoms with van der Waals surface area (Å²) in [6.07, 6.45) is 2.16. The Morgan fingerprint density at radius 3 is 2.56 bits per heavy atom. The molecule has 0 aliphatic carbocycles. The lowest BCUT2D eigenvalue weighted by Gasteiger charge is -2.22. The fourth-order valence-corrected chi connectivity index (χ4v) is 2.76. The number of benzene rings is 1. The first-order valence-electron chi connectivity index (χ1n) is 5.56. The van der Waals surface area contributed by atoms with E-state index in [0.717, 1.165) is 18.4 Å². The summed E-state index contributed by atoms with van der Waals surface area (Å²) in [5.41, 5.74) is 1.43. The van der Waals surface area contributed by atoms with E-state index >= 15 is 0 Å². The highest BCUT2D eigenvalue weighted by Gasteiger charge is 2.12. The van der Waals surface area contributed by atoms with Crippen LogP contribution in [0, 0.1) is 0 Å². The van der Waals surface area contributed by atoms with Crippen LogP contribution in [0.4, 0.5) is 0 Å². The number of hydrogen-bond acceptors (Lipinski definition) is 2. The molecule has 0 saturated carbocycles. The number of rotatable bonds is 7. The van der Waals surface area contributed by atoms with Crippen molar-refractivity contribution in [1.82, 2.24) is 4.90 Å². The molecule has 1 atom stereocenters. The maximum absolute atomic E-state index is 3.62. The van der Waals surface area contributed by atoms with E-state index in [2.05, 4.69) is 64.5 Å². The quantitative estimate of drug-likeness (QED) is 0.710. The average molecular weight is 302 g/mol. The first-order chi connectivity index (χ1) is 7.77. The van der Waals surface area contributed by atoms with Gasteiger partial charge in [0.25, 0.3) is 0 Å².